The minimum atomic E-state index is -0.435. The van der Waals surface area contributed by atoms with Gasteiger partial charge in [0.05, 0.1) is 24.0 Å². The second-order valence-corrected chi connectivity index (χ2v) is 4.44. The minimum absolute atomic E-state index is 0.259. The third-order valence-electron chi connectivity index (χ3n) is 3.04. The number of aryl methyl sites for hydroxylation is 1. The molecule has 0 N–H and O–H groups in total. The van der Waals surface area contributed by atoms with E-state index in [1.54, 1.807) is 6.92 Å². The van der Waals surface area contributed by atoms with Crippen LogP contribution in [0.3, 0.4) is 0 Å². The molecule has 0 bridgehead atoms. The largest absolute Gasteiger partial charge is 0.467 e. The third kappa shape index (κ3) is 1.97. The van der Waals surface area contributed by atoms with Crippen LogP contribution in [0.5, 0.6) is 0 Å². The van der Waals surface area contributed by atoms with Gasteiger partial charge in [0, 0.05) is 0 Å². The van der Waals surface area contributed by atoms with Gasteiger partial charge in [0.2, 0.25) is 0 Å². The van der Waals surface area contributed by atoms with Crippen LogP contribution in [-0.4, -0.2) is 22.6 Å². The molecule has 0 fully saturated rings. The van der Waals surface area contributed by atoms with E-state index in [-0.39, 0.29) is 11.8 Å². The Labute approximate surface area is 111 Å². The second-order valence-electron chi connectivity index (χ2n) is 4.17. The molecule has 0 spiro atoms. The maximum Gasteiger partial charge on any atom is 0.328 e. The molecule has 0 aliphatic carbocycles. The van der Waals surface area contributed by atoms with E-state index in [9.17, 15) is 4.79 Å². The number of ether oxygens (including phenoxy) is 1. The van der Waals surface area contributed by atoms with Gasteiger partial charge in [0.15, 0.2) is 0 Å². The highest BCUT2D eigenvalue weighted by atomic mass is 35.5. The summed E-state index contributed by atoms with van der Waals surface area (Å²) < 4.78 is 6.62. The third-order valence-corrected chi connectivity index (χ3v) is 3.28. The highest BCUT2D eigenvalue weighted by Crippen LogP contribution is 2.25. The summed E-state index contributed by atoms with van der Waals surface area (Å²) >= 11 is 5.91. The maximum atomic E-state index is 11.7. The number of esters is 1. The van der Waals surface area contributed by atoms with Crippen molar-refractivity contribution >= 4 is 28.6 Å². The predicted molar refractivity (Wildman–Crippen MR) is 70.8 cm³/mol. The highest BCUT2D eigenvalue weighted by Gasteiger charge is 2.21. The molecule has 1 unspecified atom stereocenters. The van der Waals surface area contributed by atoms with Crippen molar-refractivity contribution in [2.45, 2.75) is 25.8 Å². The lowest BCUT2D eigenvalue weighted by Crippen LogP contribution is -2.19. The Morgan fingerprint density at radius 3 is 2.89 bits per heavy atom. The van der Waals surface area contributed by atoms with E-state index in [0.717, 1.165) is 16.6 Å². The topological polar surface area (TPSA) is 44.1 Å². The Bertz CT molecular complexity index is 592. The van der Waals surface area contributed by atoms with Crippen molar-refractivity contribution < 1.29 is 9.53 Å². The van der Waals surface area contributed by atoms with Gasteiger partial charge in [-0.15, -0.1) is 11.6 Å². The summed E-state index contributed by atoms with van der Waals surface area (Å²) in [5.74, 6) is 0.635. The number of halogens is 1. The Morgan fingerprint density at radius 1 is 1.56 bits per heavy atom. The first-order valence-corrected chi connectivity index (χ1v) is 6.23. The Hall–Kier alpha value is -1.55. The smallest absolute Gasteiger partial charge is 0.328 e. The summed E-state index contributed by atoms with van der Waals surface area (Å²) in [6, 6.07) is 5.43. The average Bonchev–Trinajstić information content (AvgIpc) is 2.76. The maximum absolute atomic E-state index is 11.7. The standard InChI is InChI=1S/C13H15ClN2O2/c1-8-5-4-6-10-12(8)15-11(7-14)16(10)9(2)13(17)18-3/h4-6,9H,7H2,1-3H3. The van der Waals surface area contributed by atoms with E-state index >= 15 is 0 Å². The number of rotatable bonds is 3. The van der Waals surface area contributed by atoms with Gasteiger partial charge in [-0.25, -0.2) is 9.78 Å². The monoisotopic (exact) mass is 266 g/mol. The van der Waals surface area contributed by atoms with Crippen LogP contribution < -0.4 is 0 Å². The van der Waals surface area contributed by atoms with Crippen LogP contribution in [0.15, 0.2) is 18.2 Å². The van der Waals surface area contributed by atoms with Crippen LogP contribution in [0.4, 0.5) is 0 Å². The lowest BCUT2D eigenvalue weighted by atomic mass is 10.2. The van der Waals surface area contributed by atoms with Crippen molar-refractivity contribution in [1.82, 2.24) is 9.55 Å². The summed E-state index contributed by atoms with van der Waals surface area (Å²) in [5, 5.41) is 0. The molecule has 2 rings (SSSR count). The molecule has 0 aliphatic rings. The van der Waals surface area contributed by atoms with Crippen LogP contribution in [0.2, 0.25) is 0 Å². The molecule has 5 heteroatoms. The number of methoxy groups -OCH3 is 1. The van der Waals surface area contributed by atoms with Gasteiger partial charge in [-0.1, -0.05) is 12.1 Å². The first kappa shape index (κ1) is 12.9. The lowest BCUT2D eigenvalue weighted by molar-refractivity contribution is -0.143. The summed E-state index contributed by atoms with van der Waals surface area (Å²) in [6.07, 6.45) is 0. The second kappa shape index (κ2) is 4.98. The van der Waals surface area contributed by atoms with Gasteiger partial charge in [-0.3, -0.25) is 0 Å². The van der Waals surface area contributed by atoms with E-state index < -0.39 is 6.04 Å². The molecule has 0 amide bonds. The van der Waals surface area contributed by atoms with Crippen LogP contribution in [0.25, 0.3) is 11.0 Å². The number of nitrogens with zero attached hydrogens (tertiary/aromatic N) is 2. The summed E-state index contributed by atoms with van der Waals surface area (Å²) in [5.41, 5.74) is 2.85. The fourth-order valence-electron chi connectivity index (χ4n) is 2.11. The van der Waals surface area contributed by atoms with Crippen LogP contribution >= 0.6 is 11.6 Å². The fraction of sp³-hybridized carbons (Fsp3) is 0.385. The number of carbonyl (C=O) groups is 1. The molecule has 2 aromatic rings. The summed E-state index contributed by atoms with van der Waals surface area (Å²) in [6.45, 7) is 3.77. The predicted octanol–water partition coefficient (Wildman–Crippen LogP) is 2.82. The molecular weight excluding hydrogens is 252 g/mol. The Morgan fingerprint density at radius 2 is 2.28 bits per heavy atom. The van der Waals surface area contributed by atoms with Crippen molar-refractivity contribution in [3.8, 4) is 0 Å². The molecule has 1 aromatic carbocycles. The van der Waals surface area contributed by atoms with Gasteiger partial charge >= 0.3 is 5.97 Å². The normalized spacial score (nSPS) is 12.7. The van der Waals surface area contributed by atoms with Gasteiger partial charge in [0.1, 0.15) is 11.9 Å². The van der Waals surface area contributed by atoms with Gasteiger partial charge in [0.25, 0.3) is 0 Å². The number of fused-ring (bicyclic) bond motifs is 1. The number of para-hydroxylation sites is 1. The van der Waals surface area contributed by atoms with E-state index in [1.807, 2.05) is 29.7 Å². The number of imidazole rings is 1. The summed E-state index contributed by atoms with van der Waals surface area (Å²) in [7, 11) is 1.38. The lowest BCUT2D eigenvalue weighted by Gasteiger charge is -2.14. The molecule has 1 aromatic heterocycles. The molecule has 4 nitrogen and oxygen atoms in total. The quantitative estimate of drug-likeness (QED) is 0.634. The van der Waals surface area contributed by atoms with E-state index in [0.29, 0.717) is 5.82 Å². The van der Waals surface area contributed by atoms with Crippen molar-refractivity contribution in [3.63, 3.8) is 0 Å². The zero-order chi connectivity index (χ0) is 13.3. The molecule has 0 saturated heterocycles. The SMILES string of the molecule is COC(=O)C(C)n1c(CCl)nc2c(C)cccc21. The fourth-order valence-corrected chi connectivity index (χ4v) is 2.30. The van der Waals surface area contributed by atoms with Crippen LogP contribution in [0, 0.1) is 6.92 Å². The summed E-state index contributed by atoms with van der Waals surface area (Å²) in [4.78, 5) is 16.2. The first-order valence-electron chi connectivity index (χ1n) is 5.70. The first-order chi connectivity index (χ1) is 8.60. The number of carbonyl (C=O) groups excluding carboxylic acids is 1. The van der Waals surface area contributed by atoms with Gasteiger partial charge in [-0.2, -0.15) is 0 Å². The number of hydrogen-bond acceptors (Lipinski definition) is 3. The molecule has 96 valence electrons. The van der Waals surface area contributed by atoms with E-state index in [1.165, 1.54) is 7.11 Å². The number of alkyl halides is 1. The Balaban J connectivity index is 2.68. The average molecular weight is 267 g/mol. The van der Waals surface area contributed by atoms with Crippen molar-refractivity contribution in [2.75, 3.05) is 7.11 Å². The van der Waals surface area contributed by atoms with Crippen LogP contribution in [0.1, 0.15) is 24.4 Å². The zero-order valence-electron chi connectivity index (χ0n) is 10.6. The van der Waals surface area contributed by atoms with Gasteiger partial charge < -0.3 is 9.30 Å². The molecule has 0 aliphatic heterocycles. The van der Waals surface area contributed by atoms with Crippen molar-refractivity contribution in [1.29, 1.82) is 0 Å². The van der Waals surface area contributed by atoms with Crippen LogP contribution in [-0.2, 0) is 15.4 Å². The zero-order valence-corrected chi connectivity index (χ0v) is 11.4. The number of hydrogen-bond donors (Lipinski definition) is 0. The van der Waals surface area contributed by atoms with Crippen molar-refractivity contribution in [3.05, 3.63) is 29.6 Å². The number of aromatic nitrogens is 2. The highest BCUT2D eigenvalue weighted by molar-refractivity contribution is 6.17. The molecule has 1 heterocycles. The molecule has 0 radical (unpaired) electrons. The van der Waals surface area contributed by atoms with E-state index in [2.05, 4.69) is 4.98 Å². The van der Waals surface area contributed by atoms with E-state index in [4.69, 9.17) is 16.3 Å². The van der Waals surface area contributed by atoms with Crippen molar-refractivity contribution in [2.24, 2.45) is 0 Å². The molecular formula is C13H15ClN2O2. The Kier molecular flexibility index (Phi) is 3.57. The molecule has 1 atom stereocenters. The van der Waals surface area contributed by atoms with Gasteiger partial charge in [-0.05, 0) is 25.5 Å². The molecule has 18 heavy (non-hydrogen) atoms. The minimum Gasteiger partial charge on any atom is -0.467 e. The molecule has 0 saturated carbocycles. The number of benzene rings is 1.